The molecule has 0 radical (unpaired) electrons. The van der Waals surface area contributed by atoms with Crippen molar-refractivity contribution < 1.29 is 9.59 Å². The summed E-state index contributed by atoms with van der Waals surface area (Å²) in [5.74, 6) is -0.947. The number of carbonyl (C=O) groups is 2. The van der Waals surface area contributed by atoms with Gasteiger partial charge in [-0.25, -0.2) is 4.98 Å². The molecule has 0 unspecified atom stereocenters. The van der Waals surface area contributed by atoms with Gasteiger partial charge >= 0.3 is 0 Å². The topological polar surface area (TPSA) is 93.1 Å². The number of hydrogen-bond donors (Lipinski definition) is 2. The Labute approximate surface area is 182 Å². The summed E-state index contributed by atoms with van der Waals surface area (Å²) in [4.78, 5) is 42.3. The fourth-order valence-corrected chi connectivity index (χ4v) is 3.81. The molecule has 0 fully saturated rings. The third-order valence-corrected chi connectivity index (χ3v) is 5.33. The molecular formula is C25H18N4O3. The van der Waals surface area contributed by atoms with Crippen LogP contribution in [0, 0.1) is 0 Å². The van der Waals surface area contributed by atoms with Crippen LogP contribution in [0.3, 0.4) is 0 Å². The van der Waals surface area contributed by atoms with Crippen LogP contribution in [0.25, 0.3) is 32.7 Å². The second-order valence-corrected chi connectivity index (χ2v) is 7.34. The Hall–Kier alpha value is -4.52. The van der Waals surface area contributed by atoms with E-state index in [1.165, 1.54) is 0 Å². The third-order valence-electron chi connectivity index (χ3n) is 5.33. The van der Waals surface area contributed by atoms with E-state index >= 15 is 0 Å². The summed E-state index contributed by atoms with van der Waals surface area (Å²) in [5, 5.41) is 1.98. The van der Waals surface area contributed by atoms with Gasteiger partial charge in [0, 0.05) is 16.2 Å². The SMILES string of the molecule is O=C(Cn1c2ccccc2c(=O)c2ccccc21)NNC(=O)c1ccc2ccccc2n1. The van der Waals surface area contributed by atoms with E-state index in [9.17, 15) is 14.4 Å². The smallest absolute Gasteiger partial charge is 0.288 e. The maximum atomic E-state index is 12.8. The molecule has 5 aromatic rings. The Balaban J connectivity index is 1.39. The molecule has 0 saturated heterocycles. The second kappa shape index (κ2) is 7.96. The van der Waals surface area contributed by atoms with Gasteiger partial charge in [-0.3, -0.25) is 25.2 Å². The first-order valence-electron chi connectivity index (χ1n) is 10.1. The van der Waals surface area contributed by atoms with Gasteiger partial charge in [0.25, 0.3) is 11.8 Å². The van der Waals surface area contributed by atoms with E-state index in [2.05, 4.69) is 15.8 Å². The van der Waals surface area contributed by atoms with Gasteiger partial charge in [-0.2, -0.15) is 0 Å². The van der Waals surface area contributed by atoms with Gasteiger partial charge in [-0.15, -0.1) is 0 Å². The number of aromatic nitrogens is 2. The van der Waals surface area contributed by atoms with Crippen LogP contribution in [0.1, 0.15) is 10.5 Å². The van der Waals surface area contributed by atoms with Crippen LogP contribution >= 0.6 is 0 Å². The molecule has 5 rings (SSSR count). The number of hydrogen-bond acceptors (Lipinski definition) is 4. The zero-order valence-electron chi connectivity index (χ0n) is 16.9. The van der Waals surface area contributed by atoms with Crippen LogP contribution in [0.4, 0.5) is 0 Å². The number of rotatable bonds is 3. The molecule has 0 saturated carbocycles. The lowest BCUT2D eigenvalue weighted by molar-refractivity contribution is -0.122. The van der Waals surface area contributed by atoms with Crippen molar-refractivity contribution in [3.8, 4) is 0 Å². The van der Waals surface area contributed by atoms with E-state index in [1.807, 2.05) is 36.4 Å². The average Bonchev–Trinajstić information content (AvgIpc) is 2.84. The van der Waals surface area contributed by atoms with Crippen molar-refractivity contribution >= 4 is 44.5 Å². The number of benzene rings is 3. The summed E-state index contributed by atoms with van der Waals surface area (Å²) in [6.07, 6.45) is 0. The van der Waals surface area contributed by atoms with Crippen molar-refractivity contribution in [2.45, 2.75) is 6.54 Å². The standard InChI is InChI=1S/C25H18N4O3/c30-23(27-28-25(32)20-14-13-16-7-1-4-10-19(16)26-20)15-29-21-11-5-2-8-17(21)24(31)18-9-3-6-12-22(18)29/h1-14H,15H2,(H,27,30)(H,28,32). The Kier molecular flexibility index (Phi) is 4.84. The maximum absolute atomic E-state index is 12.8. The second-order valence-electron chi connectivity index (χ2n) is 7.34. The van der Waals surface area contributed by atoms with Crippen LogP contribution in [-0.2, 0) is 11.3 Å². The number of pyridine rings is 2. The summed E-state index contributed by atoms with van der Waals surface area (Å²) < 4.78 is 1.77. The van der Waals surface area contributed by atoms with Crippen LogP contribution < -0.4 is 16.3 Å². The van der Waals surface area contributed by atoms with E-state index in [-0.39, 0.29) is 17.7 Å². The Morgan fingerprint density at radius 1 is 0.750 bits per heavy atom. The van der Waals surface area contributed by atoms with Gasteiger partial charge in [0.2, 0.25) is 0 Å². The molecule has 0 spiro atoms. The molecule has 3 aromatic carbocycles. The largest absolute Gasteiger partial charge is 0.331 e. The molecule has 32 heavy (non-hydrogen) atoms. The first kappa shape index (κ1) is 19.4. The average molecular weight is 422 g/mol. The summed E-state index contributed by atoms with van der Waals surface area (Å²) in [5.41, 5.74) is 6.96. The zero-order valence-corrected chi connectivity index (χ0v) is 16.9. The van der Waals surface area contributed by atoms with Gasteiger partial charge in [-0.1, -0.05) is 48.5 Å². The van der Waals surface area contributed by atoms with Crippen molar-refractivity contribution in [1.82, 2.24) is 20.4 Å². The van der Waals surface area contributed by atoms with Gasteiger partial charge in [0.1, 0.15) is 12.2 Å². The highest BCUT2D eigenvalue weighted by Gasteiger charge is 2.14. The van der Waals surface area contributed by atoms with Crippen molar-refractivity contribution in [2.24, 2.45) is 0 Å². The van der Waals surface area contributed by atoms with Crippen molar-refractivity contribution in [3.05, 3.63) is 101 Å². The normalized spacial score (nSPS) is 11.0. The van der Waals surface area contributed by atoms with Crippen LogP contribution in [0.5, 0.6) is 0 Å². The molecule has 2 amide bonds. The summed E-state index contributed by atoms with van der Waals surface area (Å²) in [6.45, 7) is -0.0767. The van der Waals surface area contributed by atoms with Crippen LogP contribution in [0.2, 0.25) is 0 Å². The number of hydrazine groups is 1. The number of nitrogens with zero attached hydrogens (tertiary/aromatic N) is 2. The molecule has 0 aliphatic carbocycles. The number of amides is 2. The first-order valence-corrected chi connectivity index (χ1v) is 10.1. The molecule has 156 valence electrons. The minimum absolute atomic E-state index is 0.0767. The van der Waals surface area contributed by atoms with Crippen molar-refractivity contribution in [2.75, 3.05) is 0 Å². The lowest BCUT2D eigenvalue weighted by Crippen LogP contribution is -2.43. The molecule has 0 atom stereocenters. The van der Waals surface area contributed by atoms with Crippen LogP contribution in [0.15, 0.2) is 89.7 Å². The maximum Gasteiger partial charge on any atom is 0.288 e. The Morgan fingerprint density at radius 3 is 2.09 bits per heavy atom. The molecule has 7 nitrogen and oxygen atoms in total. The molecule has 7 heteroatoms. The fourth-order valence-electron chi connectivity index (χ4n) is 3.81. The minimum atomic E-state index is -0.515. The molecule has 2 N–H and O–H groups in total. The summed E-state index contributed by atoms with van der Waals surface area (Å²) in [7, 11) is 0. The van der Waals surface area contributed by atoms with E-state index in [4.69, 9.17) is 0 Å². The zero-order chi connectivity index (χ0) is 22.1. The van der Waals surface area contributed by atoms with E-state index in [0.29, 0.717) is 27.3 Å². The van der Waals surface area contributed by atoms with E-state index in [1.54, 1.807) is 53.1 Å². The highest BCUT2D eigenvalue weighted by molar-refractivity contribution is 5.97. The summed E-state index contributed by atoms with van der Waals surface area (Å²) in [6, 6.07) is 25.2. The summed E-state index contributed by atoms with van der Waals surface area (Å²) >= 11 is 0. The van der Waals surface area contributed by atoms with Gasteiger partial charge < -0.3 is 4.57 Å². The fraction of sp³-hybridized carbons (Fsp3) is 0.0400. The number of fused-ring (bicyclic) bond motifs is 3. The van der Waals surface area contributed by atoms with E-state index in [0.717, 1.165) is 5.39 Å². The highest BCUT2D eigenvalue weighted by Crippen LogP contribution is 2.19. The minimum Gasteiger partial charge on any atom is -0.331 e. The third kappa shape index (κ3) is 3.45. The Bertz CT molecular complexity index is 1510. The van der Waals surface area contributed by atoms with Gasteiger partial charge in [0.15, 0.2) is 5.43 Å². The number of para-hydroxylation sites is 3. The number of nitrogens with one attached hydrogen (secondary N) is 2. The molecule has 2 heterocycles. The monoisotopic (exact) mass is 422 g/mol. The van der Waals surface area contributed by atoms with Gasteiger partial charge in [-0.05, 0) is 36.4 Å². The highest BCUT2D eigenvalue weighted by atomic mass is 16.2. The lowest BCUT2D eigenvalue weighted by atomic mass is 10.1. The van der Waals surface area contributed by atoms with Crippen LogP contribution in [-0.4, -0.2) is 21.4 Å². The first-order chi connectivity index (χ1) is 15.6. The molecule has 2 aromatic heterocycles. The predicted molar refractivity (Wildman–Crippen MR) is 123 cm³/mol. The quantitative estimate of drug-likeness (QED) is 0.345. The van der Waals surface area contributed by atoms with E-state index < -0.39 is 11.8 Å². The lowest BCUT2D eigenvalue weighted by Gasteiger charge is -2.15. The van der Waals surface area contributed by atoms with Crippen molar-refractivity contribution in [3.63, 3.8) is 0 Å². The van der Waals surface area contributed by atoms with Gasteiger partial charge in [0.05, 0.1) is 16.6 Å². The Morgan fingerprint density at radius 2 is 1.38 bits per heavy atom. The number of carbonyl (C=O) groups excluding carboxylic acids is 2. The molecular weight excluding hydrogens is 404 g/mol. The molecule has 0 aliphatic heterocycles. The molecule has 0 bridgehead atoms. The predicted octanol–water partition coefficient (Wildman–Crippen LogP) is 3.16. The molecule has 0 aliphatic rings. The van der Waals surface area contributed by atoms with Crippen molar-refractivity contribution in [1.29, 1.82) is 0 Å².